The molecule has 0 spiro atoms. The molecule has 2 unspecified atom stereocenters. The van der Waals surface area contributed by atoms with Gasteiger partial charge in [-0.15, -0.1) is 0 Å². The summed E-state index contributed by atoms with van der Waals surface area (Å²) in [5, 5.41) is 11.5. The Kier molecular flexibility index (Phi) is 2.91. The van der Waals surface area contributed by atoms with Crippen LogP contribution in [0.2, 0.25) is 0 Å². The smallest absolute Gasteiger partial charge is 0.320 e. The predicted molar refractivity (Wildman–Crippen MR) is 46.5 cm³/mol. The van der Waals surface area contributed by atoms with Gasteiger partial charge < -0.3 is 10.4 Å². The Morgan fingerprint density at radius 3 is 2.80 bits per heavy atom. The Morgan fingerprint density at radius 1 is 1.70 bits per heavy atom. The average molecular weight is 255 g/mol. The van der Waals surface area contributed by atoms with E-state index >= 15 is 0 Å². The molecule has 0 radical (unpaired) electrons. The molecule has 4 heteroatoms. The Bertz CT molecular complexity index is 140. The van der Waals surface area contributed by atoms with Gasteiger partial charge in [-0.3, -0.25) is 4.79 Å². The lowest BCUT2D eigenvalue weighted by Crippen LogP contribution is -2.43. The maximum Gasteiger partial charge on any atom is 0.320 e. The lowest BCUT2D eigenvalue weighted by Gasteiger charge is -2.23. The molecule has 1 rings (SSSR count). The van der Waals surface area contributed by atoms with Gasteiger partial charge in [0.05, 0.1) is 0 Å². The lowest BCUT2D eigenvalue weighted by atomic mass is 10.1. The SMILES string of the molecule is O=C(O)C1CC(I)CCN1. The molecule has 1 heterocycles. The zero-order valence-electron chi connectivity index (χ0n) is 5.51. The fourth-order valence-corrected chi connectivity index (χ4v) is 1.88. The van der Waals surface area contributed by atoms with Gasteiger partial charge in [-0.2, -0.15) is 0 Å². The van der Waals surface area contributed by atoms with E-state index in [4.69, 9.17) is 5.11 Å². The van der Waals surface area contributed by atoms with E-state index in [1.165, 1.54) is 0 Å². The fourth-order valence-electron chi connectivity index (χ4n) is 1.06. The molecule has 0 amide bonds. The van der Waals surface area contributed by atoms with Crippen LogP contribution in [0.1, 0.15) is 12.8 Å². The Hall–Kier alpha value is 0.160. The van der Waals surface area contributed by atoms with E-state index in [2.05, 4.69) is 27.9 Å². The number of nitrogens with one attached hydrogen (secondary N) is 1. The van der Waals surface area contributed by atoms with Crippen molar-refractivity contribution in [2.45, 2.75) is 22.8 Å². The Morgan fingerprint density at radius 2 is 2.40 bits per heavy atom. The summed E-state index contributed by atoms with van der Waals surface area (Å²) in [7, 11) is 0. The van der Waals surface area contributed by atoms with Gasteiger partial charge in [-0.05, 0) is 19.4 Å². The topological polar surface area (TPSA) is 49.3 Å². The zero-order valence-corrected chi connectivity index (χ0v) is 7.67. The highest BCUT2D eigenvalue weighted by Gasteiger charge is 2.24. The first-order chi connectivity index (χ1) is 4.70. The first-order valence-electron chi connectivity index (χ1n) is 3.30. The molecule has 1 aliphatic rings. The van der Waals surface area contributed by atoms with Gasteiger partial charge in [-0.1, -0.05) is 22.6 Å². The van der Waals surface area contributed by atoms with Crippen molar-refractivity contribution >= 4 is 28.6 Å². The van der Waals surface area contributed by atoms with Crippen LogP contribution in [0.25, 0.3) is 0 Å². The molecule has 0 aliphatic carbocycles. The standard InChI is InChI=1S/C6H10INO2/c7-4-1-2-8-5(3-4)6(9)10/h4-5,8H,1-3H2,(H,9,10). The average Bonchev–Trinajstić information content (AvgIpc) is 1.88. The lowest BCUT2D eigenvalue weighted by molar-refractivity contribution is -0.139. The molecule has 1 saturated heterocycles. The van der Waals surface area contributed by atoms with Crippen molar-refractivity contribution in [2.24, 2.45) is 0 Å². The van der Waals surface area contributed by atoms with Crippen LogP contribution < -0.4 is 5.32 Å². The van der Waals surface area contributed by atoms with Crippen LogP contribution in [0.3, 0.4) is 0 Å². The third kappa shape index (κ3) is 2.09. The highest BCUT2D eigenvalue weighted by atomic mass is 127. The number of hydrogen-bond acceptors (Lipinski definition) is 2. The van der Waals surface area contributed by atoms with Gasteiger partial charge in [0.2, 0.25) is 0 Å². The monoisotopic (exact) mass is 255 g/mol. The normalized spacial score (nSPS) is 33.7. The Labute approximate surface area is 73.3 Å². The number of carboxylic acids is 1. The highest BCUT2D eigenvalue weighted by Crippen LogP contribution is 2.16. The van der Waals surface area contributed by atoms with Crippen LogP contribution in [0.4, 0.5) is 0 Å². The number of rotatable bonds is 1. The zero-order chi connectivity index (χ0) is 7.56. The van der Waals surface area contributed by atoms with E-state index in [-0.39, 0.29) is 6.04 Å². The minimum atomic E-state index is -0.721. The molecule has 0 aromatic carbocycles. The minimum Gasteiger partial charge on any atom is -0.480 e. The van der Waals surface area contributed by atoms with Gasteiger partial charge in [0.25, 0.3) is 0 Å². The third-order valence-corrected chi connectivity index (χ3v) is 2.77. The second-order valence-electron chi connectivity index (χ2n) is 2.47. The van der Waals surface area contributed by atoms with Gasteiger partial charge in [0, 0.05) is 3.92 Å². The highest BCUT2D eigenvalue weighted by molar-refractivity contribution is 14.1. The molecule has 2 N–H and O–H groups in total. The van der Waals surface area contributed by atoms with Crippen LogP contribution in [-0.4, -0.2) is 27.6 Å². The van der Waals surface area contributed by atoms with Crippen LogP contribution in [0.5, 0.6) is 0 Å². The number of alkyl halides is 1. The molecule has 10 heavy (non-hydrogen) atoms. The van der Waals surface area contributed by atoms with E-state index < -0.39 is 5.97 Å². The van der Waals surface area contributed by atoms with Crippen molar-refractivity contribution in [2.75, 3.05) is 6.54 Å². The van der Waals surface area contributed by atoms with E-state index in [9.17, 15) is 4.79 Å². The molecule has 3 nitrogen and oxygen atoms in total. The third-order valence-electron chi connectivity index (χ3n) is 1.64. The number of piperidine rings is 1. The van der Waals surface area contributed by atoms with Crippen molar-refractivity contribution in [3.63, 3.8) is 0 Å². The summed E-state index contributed by atoms with van der Waals surface area (Å²) in [5.74, 6) is -0.721. The maximum atomic E-state index is 10.4. The number of aliphatic carboxylic acids is 1. The fraction of sp³-hybridized carbons (Fsp3) is 0.833. The second-order valence-corrected chi connectivity index (χ2v) is 4.23. The number of hydrogen-bond donors (Lipinski definition) is 2. The van der Waals surface area contributed by atoms with Crippen molar-refractivity contribution in [3.05, 3.63) is 0 Å². The summed E-state index contributed by atoms with van der Waals surface area (Å²) in [6.45, 7) is 0.838. The summed E-state index contributed by atoms with van der Waals surface area (Å²) in [6, 6.07) is -0.310. The number of carboxylic acid groups (broad SMARTS) is 1. The van der Waals surface area contributed by atoms with Crippen molar-refractivity contribution < 1.29 is 9.90 Å². The van der Waals surface area contributed by atoms with Crippen molar-refractivity contribution in [1.29, 1.82) is 0 Å². The van der Waals surface area contributed by atoms with E-state index in [0.717, 1.165) is 19.4 Å². The molecule has 0 aromatic rings. The van der Waals surface area contributed by atoms with E-state index in [1.807, 2.05) is 0 Å². The van der Waals surface area contributed by atoms with Crippen LogP contribution >= 0.6 is 22.6 Å². The molecule has 0 aromatic heterocycles. The maximum absolute atomic E-state index is 10.4. The first-order valence-corrected chi connectivity index (χ1v) is 4.55. The summed E-state index contributed by atoms with van der Waals surface area (Å²) in [6.07, 6.45) is 1.85. The number of halogens is 1. The largest absolute Gasteiger partial charge is 0.480 e. The molecule has 0 bridgehead atoms. The van der Waals surface area contributed by atoms with E-state index in [1.54, 1.807) is 0 Å². The van der Waals surface area contributed by atoms with Crippen molar-refractivity contribution in [3.8, 4) is 0 Å². The molecule has 2 atom stereocenters. The quantitative estimate of drug-likeness (QED) is 0.533. The van der Waals surface area contributed by atoms with Crippen LogP contribution in [0.15, 0.2) is 0 Å². The number of carbonyl (C=O) groups is 1. The van der Waals surface area contributed by atoms with Gasteiger partial charge in [0.15, 0.2) is 0 Å². The molecular weight excluding hydrogens is 245 g/mol. The second kappa shape index (κ2) is 3.52. The van der Waals surface area contributed by atoms with Crippen LogP contribution in [-0.2, 0) is 4.79 Å². The van der Waals surface area contributed by atoms with Crippen molar-refractivity contribution in [1.82, 2.24) is 5.32 Å². The molecular formula is C6H10INO2. The molecule has 1 fully saturated rings. The summed E-state index contributed by atoms with van der Waals surface area (Å²) in [4.78, 5) is 10.4. The molecule has 58 valence electrons. The van der Waals surface area contributed by atoms with Gasteiger partial charge in [-0.25, -0.2) is 0 Å². The Balaban J connectivity index is 2.39. The summed E-state index contributed by atoms with van der Waals surface area (Å²) >= 11 is 2.30. The molecule has 1 aliphatic heterocycles. The minimum absolute atomic E-state index is 0.310. The van der Waals surface area contributed by atoms with Gasteiger partial charge in [0.1, 0.15) is 6.04 Å². The van der Waals surface area contributed by atoms with E-state index in [0.29, 0.717) is 3.92 Å². The summed E-state index contributed by atoms with van der Waals surface area (Å²) < 4.78 is 0.528. The first kappa shape index (κ1) is 8.26. The van der Waals surface area contributed by atoms with Crippen LogP contribution in [0, 0.1) is 0 Å². The predicted octanol–water partition coefficient (Wildman–Crippen LogP) is 0.627. The summed E-state index contributed by atoms with van der Waals surface area (Å²) in [5.41, 5.74) is 0. The van der Waals surface area contributed by atoms with Gasteiger partial charge >= 0.3 is 5.97 Å². The molecule has 0 saturated carbocycles.